The number of anilines is 2. The van der Waals surface area contributed by atoms with Crippen molar-refractivity contribution in [1.29, 1.82) is 0 Å². The van der Waals surface area contributed by atoms with Crippen LogP contribution in [0.2, 0.25) is 0 Å². The second-order valence-corrected chi connectivity index (χ2v) is 11.0. The van der Waals surface area contributed by atoms with Gasteiger partial charge >= 0.3 is 6.03 Å². The van der Waals surface area contributed by atoms with Crippen LogP contribution in [0.4, 0.5) is 16.4 Å². The molecule has 2 fully saturated rings. The van der Waals surface area contributed by atoms with Gasteiger partial charge in [-0.3, -0.25) is 9.67 Å². The monoisotopic (exact) mass is 525 g/mol. The van der Waals surface area contributed by atoms with Gasteiger partial charge in [0, 0.05) is 56.2 Å². The van der Waals surface area contributed by atoms with Crippen LogP contribution >= 0.6 is 0 Å². The van der Waals surface area contributed by atoms with E-state index >= 15 is 0 Å². The van der Waals surface area contributed by atoms with E-state index in [1.165, 1.54) is 0 Å². The summed E-state index contributed by atoms with van der Waals surface area (Å²) in [6, 6.07) is 8.13. The fourth-order valence-corrected chi connectivity index (χ4v) is 5.42. The number of urea groups is 1. The summed E-state index contributed by atoms with van der Waals surface area (Å²) in [5.74, 6) is 2.25. The first-order chi connectivity index (χ1) is 19.0. The van der Waals surface area contributed by atoms with Crippen LogP contribution in [0.5, 0.6) is 0 Å². The maximum atomic E-state index is 12.7. The van der Waals surface area contributed by atoms with Crippen LogP contribution in [0.1, 0.15) is 51.0 Å². The molecular formula is C29H35N9O. The minimum Gasteiger partial charge on any atom is -0.325 e. The van der Waals surface area contributed by atoms with Gasteiger partial charge in [-0.2, -0.15) is 10.2 Å². The Labute approximate surface area is 228 Å². The molecular weight excluding hydrogens is 490 g/mol. The number of carbonyl (C=O) groups is 1. The van der Waals surface area contributed by atoms with Crippen molar-refractivity contribution in [3.05, 3.63) is 54.6 Å². The Kier molecular flexibility index (Phi) is 7.08. The number of piperidine rings is 1. The molecule has 0 atom stereocenters. The highest BCUT2D eigenvalue weighted by atomic mass is 16.2. The standard InChI is InChI=1S/C29H35N9O/c1-20(2)22-14-28(35-31-16-22)34-27-6-5-25-26(33-27)13-23(15-30-25)24-17-32-38(19-24)18-21-7-11-37(12-8-21)29(39)36-9-3-4-10-36/h5-6,13-17,19-21H,3-4,7-12,18H2,1-2H3,(H,33,34,35). The average Bonchev–Trinajstić information content (AvgIpc) is 3.66. The van der Waals surface area contributed by atoms with Crippen LogP contribution in [0, 0.1) is 5.92 Å². The van der Waals surface area contributed by atoms with Crippen LogP contribution in [-0.4, -0.2) is 72.0 Å². The minimum absolute atomic E-state index is 0.222. The number of amides is 2. The average molecular weight is 526 g/mol. The highest BCUT2D eigenvalue weighted by Crippen LogP contribution is 2.26. The van der Waals surface area contributed by atoms with Crippen LogP contribution in [0.3, 0.4) is 0 Å². The van der Waals surface area contributed by atoms with Crippen molar-refractivity contribution in [2.75, 3.05) is 31.5 Å². The zero-order chi connectivity index (χ0) is 26.8. The quantitative estimate of drug-likeness (QED) is 0.374. The zero-order valence-corrected chi connectivity index (χ0v) is 22.6. The third-order valence-corrected chi connectivity index (χ3v) is 7.81. The molecule has 202 valence electrons. The lowest BCUT2D eigenvalue weighted by Gasteiger charge is -2.34. The Morgan fingerprint density at radius 3 is 2.54 bits per heavy atom. The largest absolute Gasteiger partial charge is 0.325 e. The molecule has 0 spiro atoms. The molecule has 2 aliphatic heterocycles. The molecule has 1 N–H and O–H groups in total. The number of likely N-dealkylation sites (tertiary alicyclic amines) is 2. The first-order valence-corrected chi connectivity index (χ1v) is 13.9. The molecule has 39 heavy (non-hydrogen) atoms. The minimum atomic E-state index is 0.222. The Bertz CT molecular complexity index is 1450. The van der Waals surface area contributed by atoms with Crippen molar-refractivity contribution in [3.63, 3.8) is 0 Å². The number of carbonyl (C=O) groups excluding carboxylic acids is 1. The summed E-state index contributed by atoms with van der Waals surface area (Å²) in [4.78, 5) is 26.1. The third-order valence-electron chi connectivity index (χ3n) is 7.81. The van der Waals surface area contributed by atoms with Gasteiger partial charge in [0.25, 0.3) is 0 Å². The number of hydrogen-bond acceptors (Lipinski definition) is 7. The summed E-state index contributed by atoms with van der Waals surface area (Å²) in [6.45, 7) is 8.60. The van der Waals surface area contributed by atoms with Crippen LogP contribution in [-0.2, 0) is 6.54 Å². The number of pyridine rings is 2. The van der Waals surface area contributed by atoms with Crippen LogP contribution in [0.25, 0.3) is 22.2 Å². The molecule has 0 radical (unpaired) electrons. The molecule has 2 saturated heterocycles. The molecule has 4 aromatic heterocycles. The van der Waals surface area contributed by atoms with Crippen molar-refractivity contribution >= 4 is 28.7 Å². The van der Waals surface area contributed by atoms with E-state index in [2.05, 4.69) is 45.6 Å². The summed E-state index contributed by atoms with van der Waals surface area (Å²) in [5.41, 5.74) is 4.74. The molecule has 6 rings (SSSR count). The Morgan fingerprint density at radius 2 is 1.74 bits per heavy atom. The van der Waals surface area contributed by atoms with Crippen LogP contribution in [0.15, 0.2) is 49.1 Å². The lowest BCUT2D eigenvalue weighted by molar-refractivity contribution is 0.136. The normalized spacial score (nSPS) is 16.4. The van der Waals surface area contributed by atoms with Gasteiger partial charge in [-0.15, -0.1) is 5.10 Å². The number of fused-ring (bicyclic) bond motifs is 1. The van der Waals surface area contributed by atoms with Gasteiger partial charge in [-0.05, 0) is 67.3 Å². The van der Waals surface area contributed by atoms with Gasteiger partial charge in [0.05, 0.1) is 23.4 Å². The molecule has 4 aromatic rings. The molecule has 0 saturated carbocycles. The number of aromatic nitrogens is 6. The van der Waals surface area contributed by atoms with Gasteiger partial charge in [0.15, 0.2) is 5.82 Å². The highest BCUT2D eigenvalue weighted by molar-refractivity contribution is 5.81. The van der Waals surface area contributed by atoms with E-state index in [4.69, 9.17) is 4.98 Å². The molecule has 2 amide bonds. The van der Waals surface area contributed by atoms with Gasteiger partial charge < -0.3 is 15.1 Å². The second-order valence-electron chi connectivity index (χ2n) is 11.0. The van der Waals surface area contributed by atoms with Crippen molar-refractivity contribution in [2.45, 2.75) is 52.0 Å². The molecule has 10 nitrogen and oxygen atoms in total. The van der Waals surface area contributed by atoms with Gasteiger partial charge in [0.2, 0.25) is 0 Å². The van der Waals surface area contributed by atoms with Crippen molar-refractivity contribution in [3.8, 4) is 11.1 Å². The summed E-state index contributed by atoms with van der Waals surface area (Å²) >= 11 is 0. The van der Waals surface area contributed by atoms with Crippen molar-refractivity contribution in [1.82, 2.24) is 39.7 Å². The maximum absolute atomic E-state index is 12.7. The first kappa shape index (κ1) is 25.2. The lowest BCUT2D eigenvalue weighted by Crippen LogP contribution is -2.46. The van der Waals surface area contributed by atoms with E-state index in [-0.39, 0.29) is 6.03 Å². The van der Waals surface area contributed by atoms with E-state index in [9.17, 15) is 4.79 Å². The smallest absolute Gasteiger partial charge is 0.319 e. The number of hydrogen-bond donors (Lipinski definition) is 1. The number of rotatable bonds is 6. The maximum Gasteiger partial charge on any atom is 0.319 e. The fraction of sp³-hybridized carbons (Fsp3) is 0.448. The first-order valence-electron chi connectivity index (χ1n) is 13.9. The number of nitrogens with zero attached hydrogens (tertiary/aromatic N) is 8. The number of nitrogens with one attached hydrogen (secondary N) is 1. The summed E-state index contributed by atoms with van der Waals surface area (Å²) < 4.78 is 2.02. The van der Waals surface area contributed by atoms with E-state index < -0.39 is 0 Å². The van der Waals surface area contributed by atoms with Crippen molar-refractivity contribution < 1.29 is 4.79 Å². The Morgan fingerprint density at radius 1 is 0.949 bits per heavy atom. The third kappa shape index (κ3) is 5.69. The Balaban J connectivity index is 1.10. The predicted molar refractivity (Wildman–Crippen MR) is 151 cm³/mol. The molecule has 10 heteroatoms. The van der Waals surface area contributed by atoms with E-state index in [0.717, 1.165) is 86.1 Å². The Hall–Kier alpha value is -4.08. The summed E-state index contributed by atoms with van der Waals surface area (Å²) in [7, 11) is 0. The molecule has 0 bridgehead atoms. The van der Waals surface area contributed by atoms with E-state index in [0.29, 0.717) is 23.5 Å². The molecule has 2 aliphatic rings. The highest BCUT2D eigenvalue weighted by Gasteiger charge is 2.28. The SMILES string of the molecule is CC(C)c1cnnc(Nc2ccc3ncc(-c4cnn(CC5CCN(C(=O)N6CCCC6)CC5)c4)cc3n2)c1. The summed E-state index contributed by atoms with van der Waals surface area (Å²) in [5, 5.41) is 16.2. The van der Waals surface area contributed by atoms with Gasteiger partial charge in [-0.1, -0.05) is 13.8 Å². The fourth-order valence-electron chi connectivity index (χ4n) is 5.42. The predicted octanol–water partition coefficient (Wildman–Crippen LogP) is 5.08. The van der Waals surface area contributed by atoms with Crippen LogP contribution < -0.4 is 5.32 Å². The topological polar surface area (TPSA) is 105 Å². The molecule has 6 heterocycles. The molecule has 0 aromatic carbocycles. The summed E-state index contributed by atoms with van der Waals surface area (Å²) in [6.07, 6.45) is 11.9. The van der Waals surface area contributed by atoms with E-state index in [1.54, 1.807) is 6.20 Å². The molecule has 0 unspecified atom stereocenters. The lowest BCUT2D eigenvalue weighted by atomic mass is 9.97. The molecule has 0 aliphatic carbocycles. The van der Waals surface area contributed by atoms with Gasteiger partial charge in [-0.25, -0.2) is 9.78 Å². The van der Waals surface area contributed by atoms with E-state index in [1.807, 2.05) is 51.1 Å². The second kappa shape index (κ2) is 11.0. The van der Waals surface area contributed by atoms with Crippen molar-refractivity contribution in [2.24, 2.45) is 5.92 Å². The zero-order valence-electron chi connectivity index (χ0n) is 22.6. The van der Waals surface area contributed by atoms with Gasteiger partial charge in [0.1, 0.15) is 5.82 Å².